The van der Waals surface area contributed by atoms with Crippen LogP contribution in [-0.2, 0) is 0 Å². The quantitative estimate of drug-likeness (QED) is 0.643. The van der Waals surface area contributed by atoms with Crippen LogP contribution in [0.3, 0.4) is 0 Å². The van der Waals surface area contributed by atoms with Crippen molar-refractivity contribution < 1.29 is 0 Å². The standard InChI is InChI=1S/C9H10.C8H10/c1-3-9-6-4-8(2)5-7-9;1-7-3-5-8(2)6-4-7/h3-7H,1H2,2H3;3-6H,1-2H3. The Morgan fingerprint density at radius 1 is 0.647 bits per heavy atom. The summed E-state index contributed by atoms with van der Waals surface area (Å²) >= 11 is 0. The highest BCUT2D eigenvalue weighted by Gasteiger charge is 1.82. The topological polar surface area (TPSA) is 0 Å². The number of hydrogen-bond donors (Lipinski definition) is 0. The van der Waals surface area contributed by atoms with Crippen LogP contribution in [0.5, 0.6) is 0 Å². The van der Waals surface area contributed by atoms with E-state index in [0.717, 1.165) is 0 Å². The SMILES string of the molecule is C=Cc1ccc(C)cc1.Cc1ccc(C)cc1. The summed E-state index contributed by atoms with van der Waals surface area (Å²) in [4.78, 5) is 0. The predicted octanol–water partition coefficient (Wildman–Crippen LogP) is 4.94. The molecule has 2 aromatic carbocycles. The molecule has 0 radical (unpaired) electrons. The Balaban J connectivity index is 0.000000171. The second-order valence-corrected chi connectivity index (χ2v) is 4.27. The lowest BCUT2D eigenvalue weighted by molar-refractivity contribution is 1.40. The van der Waals surface area contributed by atoms with Crippen molar-refractivity contribution in [3.05, 3.63) is 77.4 Å². The van der Waals surface area contributed by atoms with Crippen molar-refractivity contribution in [3.63, 3.8) is 0 Å². The van der Waals surface area contributed by atoms with Crippen LogP contribution < -0.4 is 0 Å². The molecule has 0 heteroatoms. The summed E-state index contributed by atoms with van der Waals surface area (Å²) in [6, 6.07) is 16.8. The normalized spacial score (nSPS) is 9.12. The smallest absolute Gasteiger partial charge is 0.0262 e. The molecule has 0 heterocycles. The molecule has 0 amide bonds. The first-order valence-electron chi connectivity index (χ1n) is 5.84. The summed E-state index contributed by atoms with van der Waals surface area (Å²) in [5, 5.41) is 0. The van der Waals surface area contributed by atoms with E-state index >= 15 is 0 Å². The highest BCUT2D eigenvalue weighted by atomic mass is 13.9. The summed E-state index contributed by atoms with van der Waals surface area (Å²) in [5.74, 6) is 0. The number of aryl methyl sites for hydroxylation is 3. The van der Waals surface area contributed by atoms with Gasteiger partial charge in [0.1, 0.15) is 0 Å². The predicted molar refractivity (Wildman–Crippen MR) is 77.2 cm³/mol. The van der Waals surface area contributed by atoms with Crippen LogP contribution in [0.2, 0.25) is 0 Å². The molecule has 0 bridgehead atoms. The van der Waals surface area contributed by atoms with Gasteiger partial charge in [-0.2, -0.15) is 0 Å². The zero-order valence-electron chi connectivity index (χ0n) is 10.9. The van der Waals surface area contributed by atoms with Gasteiger partial charge in [0.2, 0.25) is 0 Å². The van der Waals surface area contributed by atoms with Gasteiger partial charge in [-0.15, -0.1) is 0 Å². The van der Waals surface area contributed by atoms with Crippen LogP contribution >= 0.6 is 0 Å². The van der Waals surface area contributed by atoms with Gasteiger partial charge in [0, 0.05) is 0 Å². The maximum Gasteiger partial charge on any atom is -0.0262 e. The van der Waals surface area contributed by atoms with Crippen molar-refractivity contribution in [1.29, 1.82) is 0 Å². The first-order chi connectivity index (χ1) is 8.11. The molecule has 0 aromatic heterocycles. The van der Waals surface area contributed by atoms with Gasteiger partial charge in [0.15, 0.2) is 0 Å². The largest absolute Gasteiger partial charge is 0.0985 e. The van der Waals surface area contributed by atoms with E-state index in [1.165, 1.54) is 22.3 Å². The zero-order chi connectivity index (χ0) is 12.7. The molecule has 0 aliphatic carbocycles. The Hall–Kier alpha value is -1.82. The van der Waals surface area contributed by atoms with E-state index in [-0.39, 0.29) is 0 Å². The van der Waals surface area contributed by atoms with Crippen molar-refractivity contribution in [2.24, 2.45) is 0 Å². The third-order valence-electron chi connectivity index (χ3n) is 2.53. The van der Waals surface area contributed by atoms with Crippen LogP contribution in [0.1, 0.15) is 22.3 Å². The van der Waals surface area contributed by atoms with Crippen LogP contribution in [0.4, 0.5) is 0 Å². The van der Waals surface area contributed by atoms with E-state index in [9.17, 15) is 0 Å². The summed E-state index contributed by atoms with van der Waals surface area (Å²) in [6.07, 6.45) is 1.85. The van der Waals surface area contributed by atoms with Crippen LogP contribution in [0.15, 0.2) is 55.1 Å². The Morgan fingerprint density at radius 3 is 1.24 bits per heavy atom. The van der Waals surface area contributed by atoms with Gasteiger partial charge in [-0.3, -0.25) is 0 Å². The van der Waals surface area contributed by atoms with Crippen molar-refractivity contribution in [2.45, 2.75) is 20.8 Å². The summed E-state index contributed by atoms with van der Waals surface area (Å²) in [5.41, 5.74) is 5.13. The fourth-order valence-electron chi connectivity index (χ4n) is 1.34. The summed E-state index contributed by atoms with van der Waals surface area (Å²) in [7, 11) is 0. The van der Waals surface area contributed by atoms with Gasteiger partial charge in [-0.05, 0) is 26.3 Å². The highest BCUT2D eigenvalue weighted by molar-refractivity contribution is 5.46. The molecule has 0 saturated heterocycles. The Morgan fingerprint density at radius 2 is 0.941 bits per heavy atom. The Bertz CT molecular complexity index is 425. The monoisotopic (exact) mass is 224 g/mol. The Kier molecular flexibility index (Phi) is 5.22. The van der Waals surface area contributed by atoms with E-state index in [0.29, 0.717) is 0 Å². The van der Waals surface area contributed by atoms with E-state index < -0.39 is 0 Å². The van der Waals surface area contributed by atoms with E-state index in [2.05, 4.69) is 75.9 Å². The van der Waals surface area contributed by atoms with Gasteiger partial charge >= 0.3 is 0 Å². The van der Waals surface area contributed by atoms with Gasteiger partial charge < -0.3 is 0 Å². The molecule has 0 nitrogen and oxygen atoms in total. The van der Waals surface area contributed by atoms with E-state index in [1.807, 2.05) is 6.08 Å². The molecule has 17 heavy (non-hydrogen) atoms. The zero-order valence-corrected chi connectivity index (χ0v) is 10.9. The molecular weight excluding hydrogens is 204 g/mol. The van der Waals surface area contributed by atoms with Crippen LogP contribution in [0, 0.1) is 20.8 Å². The molecule has 0 fully saturated rings. The van der Waals surface area contributed by atoms with Crippen molar-refractivity contribution in [2.75, 3.05) is 0 Å². The maximum atomic E-state index is 3.66. The molecule has 0 aliphatic rings. The average molecular weight is 224 g/mol. The number of benzene rings is 2. The number of rotatable bonds is 1. The first kappa shape index (κ1) is 13.2. The second-order valence-electron chi connectivity index (χ2n) is 4.27. The minimum absolute atomic E-state index is 1.18. The number of hydrogen-bond acceptors (Lipinski definition) is 0. The minimum Gasteiger partial charge on any atom is -0.0985 e. The minimum atomic E-state index is 1.18. The molecular formula is C17H20. The molecule has 0 aliphatic heterocycles. The maximum absolute atomic E-state index is 3.66. The molecule has 0 atom stereocenters. The van der Waals surface area contributed by atoms with Gasteiger partial charge in [-0.1, -0.05) is 77.9 Å². The molecule has 0 saturated carbocycles. The van der Waals surface area contributed by atoms with E-state index in [4.69, 9.17) is 0 Å². The van der Waals surface area contributed by atoms with Crippen molar-refractivity contribution in [1.82, 2.24) is 0 Å². The molecule has 88 valence electrons. The van der Waals surface area contributed by atoms with Gasteiger partial charge in [0.25, 0.3) is 0 Å². The lowest BCUT2D eigenvalue weighted by Crippen LogP contribution is -1.71. The Labute approximate surface area is 105 Å². The van der Waals surface area contributed by atoms with Gasteiger partial charge in [-0.25, -0.2) is 0 Å². The summed E-state index contributed by atoms with van der Waals surface area (Å²) < 4.78 is 0. The lowest BCUT2D eigenvalue weighted by atomic mass is 10.2. The molecule has 0 spiro atoms. The average Bonchev–Trinajstić information content (AvgIpc) is 2.35. The molecule has 2 aromatic rings. The third-order valence-corrected chi connectivity index (χ3v) is 2.53. The van der Waals surface area contributed by atoms with Gasteiger partial charge in [0.05, 0.1) is 0 Å². The molecule has 0 unspecified atom stereocenters. The second kappa shape index (κ2) is 6.70. The van der Waals surface area contributed by atoms with Crippen molar-refractivity contribution in [3.8, 4) is 0 Å². The summed E-state index contributed by atoms with van der Waals surface area (Å²) in [6.45, 7) is 9.93. The highest BCUT2D eigenvalue weighted by Crippen LogP contribution is 2.02. The fourth-order valence-corrected chi connectivity index (χ4v) is 1.34. The third kappa shape index (κ3) is 5.17. The first-order valence-corrected chi connectivity index (χ1v) is 5.84. The molecule has 2 rings (SSSR count). The fraction of sp³-hybridized carbons (Fsp3) is 0.176. The lowest BCUT2D eigenvalue weighted by Gasteiger charge is -1.91. The van der Waals surface area contributed by atoms with Crippen LogP contribution in [-0.4, -0.2) is 0 Å². The van der Waals surface area contributed by atoms with Crippen molar-refractivity contribution >= 4 is 6.08 Å². The van der Waals surface area contributed by atoms with E-state index in [1.54, 1.807) is 0 Å². The van der Waals surface area contributed by atoms with Crippen LogP contribution in [0.25, 0.3) is 6.08 Å². The molecule has 0 N–H and O–H groups in total.